The first-order valence-electron chi connectivity index (χ1n) is 7.52. The number of fused-ring (bicyclic) bond motifs is 4. The van der Waals surface area contributed by atoms with Gasteiger partial charge >= 0.3 is 17.7 Å². The molecule has 0 bridgehead atoms. The number of carbonyl (C=O) groups excluding carboxylic acids is 3. The Morgan fingerprint density at radius 3 is 2.71 bits per heavy atom. The Bertz CT molecular complexity index is 884. The lowest BCUT2D eigenvalue weighted by molar-refractivity contribution is -0.192. The Labute approximate surface area is 136 Å². The summed E-state index contributed by atoms with van der Waals surface area (Å²) in [4.78, 5) is 37.5. The Morgan fingerprint density at radius 1 is 1.33 bits per heavy atom. The van der Waals surface area contributed by atoms with E-state index in [1.165, 1.54) is 6.92 Å². The number of nitrogens with one attached hydrogen (secondary N) is 2. The van der Waals surface area contributed by atoms with Crippen LogP contribution < -0.4 is 11.1 Å². The molecule has 0 radical (unpaired) electrons. The third-order valence-electron chi connectivity index (χ3n) is 4.29. The maximum Gasteiger partial charge on any atom is 0.421 e. The summed E-state index contributed by atoms with van der Waals surface area (Å²) in [6.45, 7) is 1.43. The van der Waals surface area contributed by atoms with Gasteiger partial charge in [0.25, 0.3) is 0 Å². The van der Waals surface area contributed by atoms with Crippen molar-refractivity contribution in [3.8, 4) is 0 Å². The van der Waals surface area contributed by atoms with Gasteiger partial charge in [0.15, 0.2) is 0 Å². The van der Waals surface area contributed by atoms with Crippen molar-refractivity contribution in [2.75, 3.05) is 5.32 Å². The SMILES string of the molecule is CC(=O)Nc1ccc2[nH]c3c(c2c1)CC(N)CC31OC(=O)C(=O)O1. The number of hydrogen-bond donors (Lipinski definition) is 3. The van der Waals surface area contributed by atoms with Gasteiger partial charge in [0.05, 0.1) is 0 Å². The van der Waals surface area contributed by atoms with Crippen molar-refractivity contribution in [1.29, 1.82) is 0 Å². The highest BCUT2D eigenvalue weighted by atomic mass is 16.8. The molecule has 1 aliphatic heterocycles. The molecule has 1 amide bonds. The van der Waals surface area contributed by atoms with Crippen LogP contribution >= 0.6 is 0 Å². The number of benzene rings is 1. The van der Waals surface area contributed by atoms with Gasteiger partial charge in [0, 0.05) is 36.0 Å². The minimum absolute atomic E-state index is 0.175. The van der Waals surface area contributed by atoms with Crippen molar-refractivity contribution >= 4 is 34.4 Å². The Hall–Kier alpha value is -2.87. The molecule has 2 aliphatic rings. The van der Waals surface area contributed by atoms with Gasteiger partial charge in [-0.3, -0.25) is 4.79 Å². The van der Waals surface area contributed by atoms with E-state index in [1.807, 2.05) is 6.07 Å². The van der Waals surface area contributed by atoms with Crippen molar-refractivity contribution in [3.05, 3.63) is 29.5 Å². The van der Waals surface area contributed by atoms with E-state index in [-0.39, 0.29) is 18.4 Å². The van der Waals surface area contributed by atoms with E-state index in [2.05, 4.69) is 10.3 Å². The molecule has 124 valence electrons. The molecular formula is C16H15N3O5. The van der Waals surface area contributed by atoms with Crippen molar-refractivity contribution < 1.29 is 23.9 Å². The molecule has 1 aromatic heterocycles. The number of aromatic amines is 1. The van der Waals surface area contributed by atoms with Gasteiger partial charge in [-0.05, 0) is 30.2 Å². The van der Waals surface area contributed by atoms with E-state index < -0.39 is 17.7 Å². The van der Waals surface area contributed by atoms with Crippen molar-refractivity contribution in [2.45, 2.75) is 31.6 Å². The van der Waals surface area contributed by atoms with E-state index >= 15 is 0 Å². The third kappa shape index (κ3) is 2.07. The third-order valence-corrected chi connectivity index (χ3v) is 4.29. The molecule has 1 aromatic carbocycles. The van der Waals surface area contributed by atoms with Crippen LogP contribution in [0.5, 0.6) is 0 Å². The molecule has 8 nitrogen and oxygen atoms in total. The molecule has 1 saturated heterocycles. The number of anilines is 1. The van der Waals surface area contributed by atoms with Crippen molar-refractivity contribution in [3.63, 3.8) is 0 Å². The lowest BCUT2D eigenvalue weighted by atomic mass is 9.87. The summed E-state index contributed by atoms with van der Waals surface area (Å²) in [6, 6.07) is 5.04. The molecular weight excluding hydrogens is 314 g/mol. The zero-order valence-electron chi connectivity index (χ0n) is 12.8. The van der Waals surface area contributed by atoms with Gasteiger partial charge in [0.2, 0.25) is 5.91 Å². The second-order valence-corrected chi connectivity index (χ2v) is 6.12. The van der Waals surface area contributed by atoms with Gasteiger partial charge in [-0.25, -0.2) is 9.59 Å². The minimum Gasteiger partial charge on any atom is -0.408 e. The summed E-state index contributed by atoms with van der Waals surface area (Å²) < 4.78 is 10.5. The maximum absolute atomic E-state index is 11.6. The molecule has 8 heteroatoms. The average Bonchev–Trinajstić information content (AvgIpc) is 2.98. The molecule has 2 heterocycles. The number of H-pyrrole nitrogens is 1. The standard InChI is InChI=1S/C16H15N3O5/c1-7(20)18-9-2-3-12-10(5-9)11-4-8(17)6-16(13(11)19-12)23-14(21)15(22)24-16/h2-3,5,8,19H,4,6,17H2,1H3,(H,18,20). The number of hydrogen-bond acceptors (Lipinski definition) is 6. The van der Waals surface area contributed by atoms with Crippen LogP contribution in [-0.2, 0) is 36.1 Å². The molecule has 4 rings (SSSR count). The predicted octanol–water partition coefficient (Wildman–Crippen LogP) is 0.653. The van der Waals surface area contributed by atoms with Crippen molar-refractivity contribution in [1.82, 2.24) is 4.98 Å². The summed E-state index contributed by atoms with van der Waals surface area (Å²) in [5, 5.41) is 3.56. The van der Waals surface area contributed by atoms with Gasteiger partial charge in [-0.1, -0.05) is 0 Å². The molecule has 0 saturated carbocycles. The first-order chi connectivity index (χ1) is 11.4. The van der Waals surface area contributed by atoms with Crippen LogP contribution in [0.2, 0.25) is 0 Å². The minimum atomic E-state index is -1.49. The van der Waals surface area contributed by atoms with Crippen LogP contribution in [0.4, 0.5) is 5.69 Å². The first-order valence-corrected chi connectivity index (χ1v) is 7.52. The fourth-order valence-corrected chi connectivity index (χ4v) is 3.44. The predicted molar refractivity (Wildman–Crippen MR) is 82.8 cm³/mol. The Morgan fingerprint density at radius 2 is 2.04 bits per heavy atom. The highest BCUT2D eigenvalue weighted by molar-refractivity contribution is 6.31. The van der Waals surface area contributed by atoms with Crippen LogP contribution in [-0.4, -0.2) is 28.9 Å². The lowest BCUT2D eigenvalue weighted by Crippen LogP contribution is -2.42. The van der Waals surface area contributed by atoms with Crippen LogP contribution in [0.1, 0.15) is 24.6 Å². The van der Waals surface area contributed by atoms with E-state index in [4.69, 9.17) is 15.2 Å². The maximum atomic E-state index is 11.6. The van der Waals surface area contributed by atoms with E-state index in [0.29, 0.717) is 17.8 Å². The quantitative estimate of drug-likeness (QED) is 0.521. The molecule has 1 atom stereocenters. The first kappa shape index (κ1) is 14.7. The van der Waals surface area contributed by atoms with Gasteiger partial charge in [0.1, 0.15) is 5.69 Å². The summed E-state index contributed by atoms with van der Waals surface area (Å²) >= 11 is 0. The number of esters is 2. The summed E-state index contributed by atoms with van der Waals surface area (Å²) in [5.41, 5.74) is 8.87. The zero-order valence-corrected chi connectivity index (χ0v) is 12.8. The lowest BCUT2D eigenvalue weighted by Gasteiger charge is -2.32. The fraction of sp³-hybridized carbons (Fsp3) is 0.312. The summed E-state index contributed by atoms with van der Waals surface area (Å²) in [6.07, 6.45) is 0.735. The second kappa shape index (κ2) is 4.81. The van der Waals surface area contributed by atoms with Gasteiger partial charge in [-0.2, -0.15) is 0 Å². The normalized spacial score (nSPS) is 21.5. The zero-order chi connectivity index (χ0) is 17.1. The van der Waals surface area contributed by atoms with Crippen molar-refractivity contribution in [2.24, 2.45) is 5.73 Å². The van der Waals surface area contributed by atoms with Gasteiger partial charge < -0.3 is 25.5 Å². The highest BCUT2D eigenvalue weighted by Crippen LogP contribution is 2.44. The number of rotatable bonds is 1. The van der Waals surface area contributed by atoms with Crippen LogP contribution in [0.25, 0.3) is 10.9 Å². The number of ether oxygens (including phenoxy) is 2. The molecule has 1 unspecified atom stereocenters. The van der Waals surface area contributed by atoms with Crippen LogP contribution in [0.3, 0.4) is 0 Å². The number of nitrogens with two attached hydrogens (primary N) is 1. The van der Waals surface area contributed by atoms with E-state index in [9.17, 15) is 14.4 Å². The molecule has 1 fully saturated rings. The van der Waals surface area contributed by atoms with Gasteiger partial charge in [-0.15, -0.1) is 0 Å². The monoisotopic (exact) mass is 329 g/mol. The van der Waals surface area contributed by atoms with Crippen LogP contribution in [0.15, 0.2) is 18.2 Å². The Kier molecular flexibility index (Phi) is 2.95. The molecule has 24 heavy (non-hydrogen) atoms. The van der Waals surface area contributed by atoms with E-state index in [1.54, 1.807) is 12.1 Å². The second-order valence-electron chi connectivity index (χ2n) is 6.12. The molecule has 2 aromatic rings. The number of amides is 1. The number of aromatic nitrogens is 1. The summed E-state index contributed by atoms with van der Waals surface area (Å²) in [5.74, 6) is -3.71. The number of carbonyl (C=O) groups is 3. The smallest absolute Gasteiger partial charge is 0.408 e. The highest BCUT2D eigenvalue weighted by Gasteiger charge is 2.55. The molecule has 4 N–H and O–H groups in total. The fourth-order valence-electron chi connectivity index (χ4n) is 3.44. The molecule has 1 aliphatic carbocycles. The average molecular weight is 329 g/mol. The summed E-state index contributed by atoms with van der Waals surface area (Å²) in [7, 11) is 0. The van der Waals surface area contributed by atoms with Crippen LogP contribution in [0, 0.1) is 0 Å². The Balaban J connectivity index is 1.88. The largest absolute Gasteiger partial charge is 0.421 e. The molecule has 1 spiro atoms. The van der Waals surface area contributed by atoms with E-state index in [0.717, 1.165) is 16.5 Å². The topological polar surface area (TPSA) is 124 Å².